The number of pyridine rings is 1. The second-order valence-corrected chi connectivity index (χ2v) is 9.16. The molecular weight excluding hydrogens is 464 g/mol. The Labute approximate surface area is 187 Å². The molecule has 0 unspecified atom stereocenters. The highest BCUT2D eigenvalue weighted by atomic mass is 35.5. The molecule has 2 N–H and O–H groups in total. The van der Waals surface area contributed by atoms with Gasteiger partial charge in [-0.25, -0.2) is 27.8 Å². The summed E-state index contributed by atoms with van der Waals surface area (Å²) in [6.45, 7) is 0. The maximum atomic E-state index is 13.5. The Morgan fingerprint density at radius 3 is 2.52 bits per heavy atom. The third kappa shape index (κ3) is 4.84. The molecule has 0 aliphatic rings. The predicted octanol–water partition coefficient (Wildman–Crippen LogP) is 5.25. The van der Waals surface area contributed by atoms with Crippen LogP contribution < -0.4 is 10.0 Å². The Balaban J connectivity index is 1.76. The lowest BCUT2D eigenvalue weighted by molar-refractivity contribution is 0.606. The van der Waals surface area contributed by atoms with E-state index in [4.69, 9.17) is 23.2 Å². The summed E-state index contributed by atoms with van der Waals surface area (Å²) in [5.74, 6) is -0.0262. The molecule has 0 saturated heterocycles. The average molecular weight is 478 g/mol. The van der Waals surface area contributed by atoms with E-state index >= 15 is 0 Å². The Kier molecular flexibility index (Phi) is 5.65. The molecule has 0 saturated carbocycles. The molecular formula is C20H14Cl2FN5O2S. The minimum Gasteiger partial charge on any atom is -0.340 e. The standard InChI is InChI=1S/C20H14Cl2FN5O2S/c1-31(29,30)28-18-7-12(9-24-19(18)22)11-2-5-17-14(6-11)20(26-10-25-17)27-13-3-4-16(23)15(21)8-13/h2-10,28H,1H3,(H,25,26,27). The van der Waals surface area contributed by atoms with Crippen LogP contribution in [0.4, 0.5) is 21.6 Å². The van der Waals surface area contributed by atoms with Crippen molar-refractivity contribution in [2.75, 3.05) is 16.3 Å². The van der Waals surface area contributed by atoms with Crippen molar-refractivity contribution >= 4 is 61.3 Å². The number of rotatable bonds is 5. The summed E-state index contributed by atoms with van der Waals surface area (Å²) in [6, 6.07) is 11.3. The molecule has 0 fully saturated rings. The smallest absolute Gasteiger partial charge is 0.229 e. The predicted molar refractivity (Wildman–Crippen MR) is 121 cm³/mol. The van der Waals surface area contributed by atoms with Gasteiger partial charge in [-0.1, -0.05) is 29.3 Å². The minimum absolute atomic E-state index is 0.0119. The van der Waals surface area contributed by atoms with Gasteiger partial charge in [0.05, 0.1) is 22.5 Å². The van der Waals surface area contributed by atoms with Crippen molar-refractivity contribution in [3.05, 3.63) is 71.0 Å². The first-order valence-electron chi connectivity index (χ1n) is 8.80. The summed E-state index contributed by atoms with van der Waals surface area (Å²) in [5.41, 5.74) is 2.78. The van der Waals surface area contributed by atoms with Gasteiger partial charge in [0.15, 0.2) is 5.15 Å². The molecule has 0 atom stereocenters. The molecule has 158 valence electrons. The van der Waals surface area contributed by atoms with Crippen LogP contribution in [0.25, 0.3) is 22.0 Å². The van der Waals surface area contributed by atoms with Gasteiger partial charge in [0.2, 0.25) is 10.0 Å². The van der Waals surface area contributed by atoms with Crippen LogP contribution in [0.15, 0.2) is 55.0 Å². The number of aromatic nitrogens is 3. The van der Waals surface area contributed by atoms with E-state index in [1.807, 2.05) is 12.1 Å². The third-order valence-electron chi connectivity index (χ3n) is 4.29. The Morgan fingerprint density at radius 2 is 1.77 bits per heavy atom. The maximum Gasteiger partial charge on any atom is 0.229 e. The summed E-state index contributed by atoms with van der Waals surface area (Å²) in [6.07, 6.45) is 3.98. The highest BCUT2D eigenvalue weighted by molar-refractivity contribution is 7.92. The number of nitrogens with zero attached hydrogens (tertiary/aromatic N) is 3. The maximum absolute atomic E-state index is 13.5. The molecule has 0 radical (unpaired) electrons. The number of nitrogens with one attached hydrogen (secondary N) is 2. The van der Waals surface area contributed by atoms with Crippen LogP contribution in [0.5, 0.6) is 0 Å². The molecule has 7 nitrogen and oxygen atoms in total. The van der Waals surface area contributed by atoms with Gasteiger partial charge in [0.25, 0.3) is 0 Å². The molecule has 2 aromatic heterocycles. The zero-order valence-corrected chi connectivity index (χ0v) is 18.2. The number of hydrogen-bond donors (Lipinski definition) is 2. The van der Waals surface area contributed by atoms with E-state index in [-0.39, 0.29) is 15.9 Å². The SMILES string of the molecule is CS(=O)(=O)Nc1cc(-c2ccc3ncnc(Nc4ccc(F)c(Cl)c4)c3c2)cnc1Cl. The summed E-state index contributed by atoms with van der Waals surface area (Å²) < 4.78 is 39.0. The fourth-order valence-electron chi connectivity index (χ4n) is 2.92. The average Bonchev–Trinajstić information content (AvgIpc) is 2.71. The van der Waals surface area contributed by atoms with Crippen molar-refractivity contribution in [2.45, 2.75) is 0 Å². The number of fused-ring (bicyclic) bond motifs is 1. The first-order valence-corrected chi connectivity index (χ1v) is 11.4. The molecule has 4 rings (SSSR count). The van der Waals surface area contributed by atoms with Crippen molar-refractivity contribution in [1.29, 1.82) is 0 Å². The van der Waals surface area contributed by atoms with Crippen LogP contribution in [0.2, 0.25) is 10.2 Å². The lowest BCUT2D eigenvalue weighted by Crippen LogP contribution is -2.10. The number of halogens is 3. The van der Waals surface area contributed by atoms with Gasteiger partial charge >= 0.3 is 0 Å². The monoisotopic (exact) mass is 477 g/mol. The fraction of sp³-hybridized carbons (Fsp3) is 0.0500. The Hall–Kier alpha value is -3.01. The van der Waals surface area contributed by atoms with Crippen LogP contribution in [-0.4, -0.2) is 29.6 Å². The highest BCUT2D eigenvalue weighted by Gasteiger charge is 2.12. The normalized spacial score (nSPS) is 11.5. The molecule has 31 heavy (non-hydrogen) atoms. The van der Waals surface area contributed by atoms with Crippen LogP contribution in [-0.2, 0) is 10.0 Å². The lowest BCUT2D eigenvalue weighted by Gasteiger charge is -2.11. The van der Waals surface area contributed by atoms with E-state index in [2.05, 4.69) is 25.0 Å². The van der Waals surface area contributed by atoms with Gasteiger partial charge in [-0.05, 0) is 42.0 Å². The van der Waals surface area contributed by atoms with Crippen LogP contribution in [0.1, 0.15) is 0 Å². The summed E-state index contributed by atoms with van der Waals surface area (Å²) in [5, 5.41) is 3.83. The quantitative estimate of drug-likeness (QED) is 0.380. The zero-order chi connectivity index (χ0) is 22.2. The molecule has 2 aromatic carbocycles. The van der Waals surface area contributed by atoms with Gasteiger partial charge in [0, 0.05) is 22.8 Å². The molecule has 4 aromatic rings. The third-order valence-corrected chi connectivity index (χ3v) is 5.47. The summed E-state index contributed by atoms with van der Waals surface area (Å²) in [4.78, 5) is 12.6. The topological polar surface area (TPSA) is 96.9 Å². The summed E-state index contributed by atoms with van der Waals surface area (Å²) in [7, 11) is -3.52. The molecule has 0 aliphatic heterocycles. The van der Waals surface area contributed by atoms with Gasteiger partial charge < -0.3 is 5.32 Å². The van der Waals surface area contributed by atoms with E-state index in [0.29, 0.717) is 28.0 Å². The second kappa shape index (κ2) is 8.26. The minimum atomic E-state index is -3.52. The van der Waals surface area contributed by atoms with Gasteiger partial charge in [-0.2, -0.15) is 0 Å². The van der Waals surface area contributed by atoms with E-state index < -0.39 is 15.8 Å². The first kappa shape index (κ1) is 21.2. The van der Waals surface area contributed by atoms with Gasteiger partial charge in [-0.15, -0.1) is 0 Å². The Morgan fingerprint density at radius 1 is 0.968 bits per heavy atom. The first-order chi connectivity index (χ1) is 14.7. The molecule has 0 amide bonds. The largest absolute Gasteiger partial charge is 0.340 e. The van der Waals surface area contributed by atoms with E-state index in [1.165, 1.54) is 24.7 Å². The molecule has 11 heteroatoms. The van der Waals surface area contributed by atoms with Crippen molar-refractivity contribution in [1.82, 2.24) is 15.0 Å². The van der Waals surface area contributed by atoms with Crippen molar-refractivity contribution < 1.29 is 12.8 Å². The molecule has 2 heterocycles. The molecule has 0 aliphatic carbocycles. The van der Waals surface area contributed by atoms with Crippen LogP contribution in [0.3, 0.4) is 0 Å². The van der Waals surface area contributed by atoms with E-state index in [1.54, 1.807) is 18.2 Å². The number of benzene rings is 2. The fourth-order valence-corrected chi connectivity index (χ4v) is 3.87. The second-order valence-electron chi connectivity index (χ2n) is 6.64. The highest BCUT2D eigenvalue weighted by Crippen LogP contribution is 2.32. The van der Waals surface area contributed by atoms with Crippen molar-refractivity contribution in [3.63, 3.8) is 0 Å². The van der Waals surface area contributed by atoms with Crippen LogP contribution in [0, 0.1) is 5.82 Å². The van der Waals surface area contributed by atoms with Crippen LogP contribution >= 0.6 is 23.2 Å². The number of hydrogen-bond acceptors (Lipinski definition) is 6. The lowest BCUT2D eigenvalue weighted by atomic mass is 10.0. The van der Waals surface area contributed by atoms with Crippen molar-refractivity contribution in [3.8, 4) is 11.1 Å². The molecule has 0 bridgehead atoms. The van der Waals surface area contributed by atoms with Gasteiger partial charge in [0.1, 0.15) is 18.0 Å². The molecule has 0 spiro atoms. The van der Waals surface area contributed by atoms with Crippen molar-refractivity contribution in [2.24, 2.45) is 0 Å². The Bertz CT molecular complexity index is 1420. The number of sulfonamides is 1. The van der Waals surface area contributed by atoms with E-state index in [0.717, 1.165) is 11.8 Å². The zero-order valence-electron chi connectivity index (χ0n) is 15.9. The van der Waals surface area contributed by atoms with E-state index in [9.17, 15) is 12.8 Å². The summed E-state index contributed by atoms with van der Waals surface area (Å²) >= 11 is 11.9. The number of anilines is 3. The van der Waals surface area contributed by atoms with Gasteiger partial charge in [-0.3, -0.25) is 4.72 Å².